The van der Waals surface area contributed by atoms with Crippen molar-refractivity contribution in [2.24, 2.45) is 0 Å². The molecular formula is C19H22ClN5O2. The Morgan fingerprint density at radius 1 is 1.15 bits per heavy atom. The lowest BCUT2D eigenvalue weighted by molar-refractivity contribution is 0.203. The van der Waals surface area contributed by atoms with Crippen LogP contribution in [0.15, 0.2) is 45.8 Å². The van der Waals surface area contributed by atoms with Crippen molar-refractivity contribution in [1.29, 1.82) is 0 Å². The van der Waals surface area contributed by atoms with Gasteiger partial charge in [-0.1, -0.05) is 22.8 Å². The van der Waals surface area contributed by atoms with Gasteiger partial charge >= 0.3 is 5.69 Å². The van der Waals surface area contributed by atoms with Crippen LogP contribution in [0.4, 0.5) is 5.69 Å². The lowest BCUT2D eigenvalue weighted by atomic mass is 10.2. The first kappa shape index (κ1) is 17.9. The van der Waals surface area contributed by atoms with Crippen molar-refractivity contribution < 1.29 is 4.52 Å². The normalized spacial score (nSPS) is 15.4. The van der Waals surface area contributed by atoms with Crippen LogP contribution in [0.2, 0.25) is 5.02 Å². The molecule has 0 bridgehead atoms. The van der Waals surface area contributed by atoms with Crippen LogP contribution in [0, 0.1) is 13.8 Å². The van der Waals surface area contributed by atoms with Crippen molar-refractivity contribution in [3.05, 3.63) is 63.5 Å². The average molecular weight is 388 g/mol. The summed E-state index contributed by atoms with van der Waals surface area (Å²) in [6, 6.07) is 9.70. The van der Waals surface area contributed by atoms with Gasteiger partial charge in [-0.25, -0.2) is 9.36 Å². The second-order valence-electron chi connectivity index (χ2n) is 6.88. The number of hydrogen-bond donors (Lipinski definition) is 0. The topological polar surface area (TPSA) is 59.4 Å². The molecule has 3 aromatic rings. The van der Waals surface area contributed by atoms with E-state index in [1.54, 1.807) is 15.2 Å². The Morgan fingerprint density at radius 3 is 2.59 bits per heavy atom. The molecule has 1 saturated heterocycles. The molecule has 3 heterocycles. The van der Waals surface area contributed by atoms with Gasteiger partial charge in [-0.3, -0.25) is 9.47 Å². The molecule has 0 radical (unpaired) electrons. The van der Waals surface area contributed by atoms with Crippen LogP contribution >= 0.6 is 11.6 Å². The number of imidazole rings is 1. The molecule has 142 valence electrons. The quantitative estimate of drug-likeness (QED) is 0.688. The van der Waals surface area contributed by atoms with E-state index < -0.39 is 0 Å². The predicted octanol–water partition coefficient (Wildman–Crippen LogP) is 2.68. The van der Waals surface area contributed by atoms with Crippen LogP contribution in [0.1, 0.15) is 11.5 Å². The molecule has 0 saturated carbocycles. The average Bonchev–Trinajstić information content (AvgIpc) is 3.18. The number of aromatic nitrogens is 3. The maximum absolute atomic E-state index is 12.8. The number of benzene rings is 1. The van der Waals surface area contributed by atoms with Crippen LogP contribution in [-0.2, 0) is 6.67 Å². The fourth-order valence-corrected chi connectivity index (χ4v) is 3.68. The van der Waals surface area contributed by atoms with Gasteiger partial charge in [0.05, 0.1) is 6.67 Å². The van der Waals surface area contributed by atoms with E-state index >= 15 is 0 Å². The van der Waals surface area contributed by atoms with Gasteiger partial charge in [-0.2, -0.15) is 0 Å². The van der Waals surface area contributed by atoms with Gasteiger partial charge in [0.25, 0.3) is 0 Å². The SMILES string of the molecule is Cc1cc(-n2c(C)cn(CN3CCN(c4cccc(Cl)c4)CC3)c2=O)no1. The molecule has 1 aromatic carbocycles. The fraction of sp³-hybridized carbons (Fsp3) is 0.368. The Hall–Kier alpha value is -2.51. The van der Waals surface area contributed by atoms with Crippen molar-refractivity contribution >= 4 is 17.3 Å². The highest BCUT2D eigenvalue weighted by molar-refractivity contribution is 6.30. The van der Waals surface area contributed by atoms with Crippen molar-refractivity contribution in [2.45, 2.75) is 20.5 Å². The van der Waals surface area contributed by atoms with E-state index in [2.05, 4.69) is 21.0 Å². The van der Waals surface area contributed by atoms with Gasteiger partial charge in [0.1, 0.15) is 5.76 Å². The smallest absolute Gasteiger partial charge is 0.335 e. The Morgan fingerprint density at radius 2 is 1.93 bits per heavy atom. The predicted molar refractivity (Wildman–Crippen MR) is 105 cm³/mol. The summed E-state index contributed by atoms with van der Waals surface area (Å²) in [5.41, 5.74) is 1.88. The number of halogens is 1. The Balaban J connectivity index is 1.45. The van der Waals surface area contributed by atoms with Crippen molar-refractivity contribution in [3.8, 4) is 5.82 Å². The van der Waals surface area contributed by atoms with Gasteiger partial charge in [0, 0.05) is 54.8 Å². The summed E-state index contributed by atoms with van der Waals surface area (Å²) >= 11 is 6.10. The minimum Gasteiger partial charge on any atom is -0.369 e. The lowest BCUT2D eigenvalue weighted by Crippen LogP contribution is -2.47. The Labute approximate surface area is 162 Å². The number of nitrogens with zero attached hydrogens (tertiary/aromatic N) is 5. The number of piperazine rings is 1. The summed E-state index contributed by atoms with van der Waals surface area (Å²) in [6.07, 6.45) is 1.87. The van der Waals surface area contributed by atoms with E-state index in [4.69, 9.17) is 16.1 Å². The molecule has 0 spiro atoms. The third-order valence-corrected chi connectivity index (χ3v) is 5.11. The summed E-state index contributed by atoms with van der Waals surface area (Å²) < 4.78 is 8.42. The highest BCUT2D eigenvalue weighted by Crippen LogP contribution is 2.21. The third-order valence-electron chi connectivity index (χ3n) is 4.87. The van der Waals surface area contributed by atoms with Gasteiger partial charge < -0.3 is 9.42 Å². The van der Waals surface area contributed by atoms with E-state index in [1.165, 1.54) is 0 Å². The molecule has 1 fully saturated rings. The largest absolute Gasteiger partial charge is 0.369 e. The van der Waals surface area contributed by atoms with Crippen molar-refractivity contribution in [2.75, 3.05) is 31.1 Å². The Kier molecular flexibility index (Phi) is 4.80. The van der Waals surface area contributed by atoms with Crippen LogP contribution in [-0.4, -0.2) is 45.4 Å². The monoisotopic (exact) mass is 387 g/mol. The van der Waals surface area contributed by atoms with Crippen LogP contribution < -0.4 is 10.6 Å². The minimum atomic E-state index is -0.0990. The summed E-state index contributed by atoms with van der Waals surface area (Å²) in [7, 11) is 0. The first-order valence-electron chi connectivity index (χ1n) is 8.96. The molecule has 0 atom stereocenters. The fourth-order valence-electron chi connectivity index (χ4n) is 3.49. The summed E-state index contributed by atoms with van der Waals surface area (Å²) in [4.78, 5) is 17.4. The van der Waals surface area contributed by atoms with E-state index in [0.29, 0.717) is 18.2 Å². The van der Waals surface area contributed by atoms with Crippen LogP contribution in [0.5, 0.6) is 0 Å². The molecule has 7 nitrogen and oxygen atoms in total. The number of aryl methyl sites for hydroxylation is 2. The second-order valence-corrected chi connectivity index (χ2v) is 7.32. The summed E-state index contributed by atoms with van der Waals surface area (Å²) in [6.45, 7) is 7.84. The minimum absolute atomic E-state index is 0.0990. The zero-order valence-corrected chi connectivity index (χ0v) is 16.2. The zero-order valence-electron chi connectivity index (χ0n) is 15.4. The van der Waals surface area contributed by atoms with Gasteiger partial charge in [-0.05, 0) is 32.0 Å². The van der Waals surface area contributed by atoms with E-state index in [1.807, 2.05) is 38.2 Å². The molecule has 1 aliphatic heterocycles. The summed E-state index contributed by atoms with van der Waals surface area (Å²) in [5.74, 6) is 1.21. The highest BCUT2D eigenvalue weighted by Gasteiger charge is 2.20. The molecule has 0 amide bonds. The molecule has 0 aliphatic carbocycles. The van der Waals surface area contributed by atoms with E-state index in [-0.39, 0.29) is 5.69 Å². The summed E-state index contributed by atoms with van der Waals surface area (Å²) in [5, 5.41) is 4.71. The van der Waals surface area contributed by atoms with Crippen molar-refractivity contribution in [3.63, 3.8) is 0 Å². The van der Waals surface area contributed by atoms with Gasteiger partial charge in [0.15, 0.2) is 5.82 Å². The van der Waals surface area contributed by atoms with Crippen molar-refractivity contribution in [1.82, 2.24) is 19.2 Å². The Bertz CT molecular complexity index is 998. The third kappa shape index (κ3) is 3.65. The second kappa shape index (κ2) is 7.25. The molecule has 27 heavy (non-hydrogen) atoms. The number of hydrogen-bond acceptors (Lipinski definition) is 5. The van der Waals surface area contributed by atoms with E-state index in [0.717, 1.165) is 42.6 Å². The maximum Gasteiger partial charge on any atom is 0.335 e. The molecule has 4 rings (SSSR count). The number of anilines is 1. The molecule has 0 unspecified atom stereocenters. The molecule has 0 N–H and O–H groups in total. The van der Waals surface area contributed by atoms with E-state index in [9.17, 15) is 4.79 Å². The first-order valence-corrected chi connectivity index (χ1v) is 9.34. The van der Waals surface area contributed by atoms with Gasteiger partial charge in [0.2, 0.25) is 0 Å². The molecular weight excluding hydrogens is 366 g/mol. The van der Waals surface area contributed by atoms with Gasteiger partial charge in [-0.15, -0.1) is 0 Å². The standard InChI is InChI=1S/C19H22ClN5O2/c1-14-12-24(19(26)25(14)18-10-15(2)27-21-18)13-22-6-8-23(9-7-22)17-5-3-4-16(20)11-17/h3-5,10-12H,6-9,13H2,1-2H3. The van der Waals surface area contributed by atoms with Crippen LogP contribution in [0.3, 0.4) is 0 Å². The lowest BCUT2D eigenvalue weighted by Gasteiger charge is -2.36. The molecule has 8 heteroatoms. The highest BCUT2D eigenvalue weighted by atomic mass is 35.5. The first-order chi connectivity index (χ1) is 13.0. The number of rotatable bonds is 4. The molecule has 1 aliphatic rings. The van der Waals surface area contributed by atoms with Crippen LogP contribution in [0.25, 0.3) is 5.82 Å². The molecule has 2 aromatic heterocycles. The zero-order chi connectivity index (χ0) is 19.0. The maximum atomic E-state index is 12.8.